The van der Waals surface area contributed by atoms with Crippen molar-refractivity contribution in [2.24, 2.45) is 5.73 Å². The summed E-state index contributed by atoms with van der Waals surface area (Å²) in [5.74, 6) is 0. The van der Waals surface area contributed by atoms with Gasteiger partial charge in [-0.3, -0.25) is 4.90 Å². The van der Waals surface area contributed by atoms with Gasteiger partial charge in [0.1, 0.15) is 0 Å². The molecule has 3 rings (SSSR count). The van der Waals surface area contributed by atoms with Gasteiger partial charge in [0.25, 0.3) is 0 Å². The molecule has 1 saturated heterocycles. The highest BCUT2D eigenvalue weighted by atomic mass is 15.2. The molecule has 3 heteroatoms. The Hall–Kier alpha value is -0.900. The predicted octanol–water partition coefficient (Wildman–Crippen LogP) is 1.60. The molecule has 0 bridgehead atoms. The molecular weight excluding hydrogens is 234 g/mol. The second-order valence-corrected chi connectivity index (χ2v) is 6.06. The first-order valence-corrected chi connectivity index (χ1v) is 7.49. The molecule has 1 aromatic rings. The third-order valence-corrected chi connectivity index (χ3v) is 4.75. The lowest BCUT2D eigenvalue weighted by atomic mass is 9.94. The molecule has 0 unspecified atom stereocenters. The van der Waals surface area contributed by atoms with Gasteiger partial charge in [0, 0.05) is 25.7 Å². The zero-order valence-electron chi connectivity index (χ0n) is 11.9. The number of nitrogens with zero attached hydrogens (tertiary/aromatic N) is 2. The third kappa shape index (κ3) is 2.83. The standard InChI is InChI=1S/C16H25N3/c1-18-7-5-16(6-8-18)19-9-4-14-3-2-13(11-17)10-15(14)12-19/h2-3,10,16H,4-9,11-12,17H2,1H3. The molecule has 104 valence electrons. The summed E-state index contributed by atoms with van der Waals surface area (Å²) in [6, 6.07) is 7.56. The van der Waals surface area contributed by atoms with Gasteiger partial charge >= 0.3 is 0 Å². The molecule has 1 fully saturated rings. The highest BCUT2D eigenvalue weighted by Crippen LogP contribution is 2.25. The molecule has 0 saturated carbocycles. The number of benzene rings is 1. The summed E-state index contributed by atoms with van der Waals surface area (Å²) in [4.78, 5) is 5.14. The van der Waals surface area contributed by atoms with E-state index >= 15 is 0 Å². The zero-order chi connectivity index (χ0) is 13.2. The van der Waals surface area contributed by atoms with Gasteiger partial charge in [-0.25, -0.2) is 0 Å². The van der Waals surface area contributed by atoms with E-state index in [0.717, 1.165) is 12.6 Å². The summed E-state index contributed by atoms with van der Waals surface area (Å²) in [5.41, 5.74) is 10.1. The average Bonchev–Trinajstić information content (AvgIpc) is 2.47. The van der Waals surface area contributed by atoms with Gasteiger partial charge in [0.15, 0.2) is 0 Å². The summed E-state index contributed by atoms with van der Waals surface area (Å²) in [5, 5.41) is 0. The molecule has 0 atom stereocenters. The maximum Gasteiger partial charge on any atom is 0.0239 e. The van der Waals surface area contributed by atoms with Gasteiger partial charge in [0.2, 0.25) is 0 Å². The maximum atomic E-state index is 5.76. The Morgan fingerprint density at radius 1 is 1.16 bits per heavy atom. The molecule has 2 N–H and O–H groups in total. The lowest BCUT2D eigenvalue weighted by Crippen LogP contribution is -2.45. The van der Waals surface area contributed by atoms with Crippen molar-refractivity contribution in [3.8, 4) is 0 Å². The minimum Gasteiger partial charge on any atom is -0.326 e. The summed E-state index contributed by atoms with van der Waals surface area (Å²) < 4.78 is 0. The monoisotopic (exact) mass is 259 g/mol. The molecule has 0 aliphatic carbocycles. The van der Waals surface area contributed by atoms with Crippen LogP contribution in [-0.2, 0) is 19.5 Å². The second kappa shape index (κ2) is 5.61. The Morgan fingerprint density at radius 2 is 1.95 bits per heavy atom. The summed E-state index contributed by atoms with van der Waals surface area (Å²) in [7, 11) is 2.23. The van der Waals surface area contributed by atoms with Crippen molar-refractivity contribution in [3.05, 3.63) is 34.9 Å². The molecule has 0 amide bonds. The zero-order valence-corrected chi connectivity index (χ0v) is 11.9. The van der Waals surface area contributed by atoms with Gasteiger partial charge in [-0.1, -0.05) is 18.2 Å². The first-order chi connectivity index (χ1) is 9.26. The van der Waals surface area contributed by atoms with E-state index in [1.807, 2.05) is 0 Å². The molecule has 2 aliphatic rings. The molecule has 3 nitrogen and oxygen atoms in total. The van der Waals surface area contributed by atoms with E-state index in [4.69, 9.17) is 5.73 Å². The van der Waals surface area contributed by atoms with Crippen LogP contribution >= 0.6 is 0 Å². The first kappa shape index (κ1) is 13.1. The lowest BCUT2D eigenvalue weighted by molar-refractivity contribution is 0.109. The van der Waals surface area contributed by atoms with Crippen LogP contribution in [0.4, 0.5) is 0 Å². The second-order valence-electron chi connectivity index (χ2n) is 6.06. The van der Waals surface area contributed by atoms with E-state index in [1.54, 1.807) is 0 Å². The fraction of sp³-hybridized carbons (Fsp3) is 0.625. The number of hydrogen-bond donors (Lipinski definition) is 1. The van der Waals surface area contributed by atoms with Gasteiger partial charge in [-0.2, -0.15) is 0 Å². The Balaban J connectivity index is 1.70. The van der Waals surface area contributed by atoms with E-state index in [9.17, 15) is 0 Å². The number of fused-ring (bicyclic) bond motifs is 1. The van der Waals surface area contributed by atoms with Crippen molar-refractivity contribution in [1.82, 2.24) is 9.80 Å². The first-order valence-electron chi connectivity index (χ1n) is 7.49. The van der Waals surface area contributed by atoms with E-state index in [0.29, 0.717) is 6.54 Å². The van der Waals surface area contributed by atoms with Crippen molar-refractivity contribution >= 4 is 0 Å². The van der Waals surface area contributed by atoms with Gasteiger partial charge < -0.3 is 10.6 Å². The van der Waals surface area contributed by atoms with Gasteiger partial charge in [-0.05, 0) is 56.1 Å². The van der Waals surface area contributed by atoms with Gasteiger partial charge in [0.05, 0.1) is 0 Å². The van der Waals surface area contributed by atoms with Crippen molar-refractivity contribution in [2.45, 2.75) is 38.4 Å². The summed E-state index contributed by atoms with van der Waals surface area (Å²) in [6.07, 6.45) is 3.84. The number of nitrogens with two attached hydrogens (primary N) is 1. The highest BCUT2D eigenvalue weighted by molar-refractivity contribution is 5.33. The molecule has 1 aromatic carbocycles. The van der Waals surface area contributed by atoms with E-state index in [2.05, 4.69) is 35.0 Å². The molecule has 2 heterocycles. The molecule has 2 aliphatic heterocycles. The van der Waals surface area contributed by atoms with Crippen LogP contribution in [0.25, 0.3) is 0 Å². The van der Waals surface area contributed by atoms with Crippen LogP contribution in [-0.4, -0.2) is 42.5 Å². The van der Waals surface area contributed by atoms with Crippen LogP contribution in [0, 0.1) is 0 Å². The lowest BCUT2D eigenvalue weighted by Gasteiger charge is -2.39. The smallest absolute Gasteiger partial charge is 0.0239 e. The largest absolute Gasteiger partial charge is 0.326 e. The SMILES string of the molecule is CN1CCC(N2CCc3ccc(CN)cc3C2)CC1. The van der Waals surface area contributed by atoms with Gasteiger partial charge in [-0.15, -0.1) is 0 Å². The summed E-state index contributed by atoms with van der Waals surface area (Å²) in [6.45, 7) is 5.50. The maximum absolute atomic E-state index is 5.76. The Kier molecular flexibility index (Phi) is 3.87. The van der Waals surface area contributed by atoms with Crippen molar-refractivity contribution in [1.29, 1.82) is 0 Å². The quantitative estimate of drug-likeness (QED) is 0.875. The molecular formula is C16H25N3. The topological polar surface area (TPSA) is 32.5 Å². The Bertz CT molecular complexity index is 436. The van der Waals surface area contributed by atoms with Crippen LogP contribution in [0.1, 0.15) is 29.5 Å². The number of hydrogen-bond acceptors (Lipinski definition) is 3. The van der Waals surface area contributed by atoms with Crippen molar-refractivity contribution in [2.75, 3.05) is 26.7 Å². The van der Waals surface area contributed by atoms with Crippen molar-refractivity contribution < 1.29 is 0 Å². The number of rotatable bonds is 2. The van der Waals surface area contributed by atoms with Crippen LogP contribution in [0.5, 0.6) is 0 Å². The van der Waals surface area contributed by atoms with Crippen molar-refractivity contribution in [3.63, 3.8) is 0 Å². The number of likely N-dealkylation sites (tertiary alicyclic amines) is 1. The average molecular weight is 259 g/mol. The molecule has 0 spiro atoms. The molecule has 0 aromatic heterocycles. The minimum atomic E-state index is 0.654. The Morgan fingerprint density at radius 3 is 2.68 bits per heavy atom. The third-order valence-electron chi connectivity index (χ3n) is 4.75. The van der Waals surface area contributed by atoms with Crippen LogP contribution < -0.4 is 5.73 Å². The molecule has 19 heavy (non-hydrogen) atoms. The highest BCUT2D eigenvalue weighted by Gasteiger charge is 2.26. The van der Waals surface area contributed by atoms with Crippen LogP contribution in [0.2, 0.25) is 0 Å². The molecule has 0 radical (unpaired) electrons. The number of piperidine rings is 1. The minimum absolute atomic E-state index is 0.654. The predicted molar refractivity (Wildman–Crippen MR) is 79.0 cm³/mol. The van der Waals surface area contributed by atoms with Crippen LogP contribution in [0.3, 0.4) is 0 Å². The van der Waals surface area contributed by atoms with E-state index < -0.39 is 0 Å². The Labute approximate surface area is 116 Å². The fourth-order valence-electron chi connectivity index (χ4n) is 3.43. The van der Waals surface area contributed by atoms with Crippen LogP contribution in [0.15, 0.2) is 18.2 Å². The summed E-state index contributed by atoms with van der Waals surface area (Å²) >= 11 is 0. The van der Waals surface area contributed by atoms with E-state index in [1.165, 1.54) is 55.6 Å². The van der Waals surface area contributed by atoms with E-state index in [-0.39, 0.29) is 0 Å². The normalized spacial score (nSPS) is 22.4. The fourth-order valence-corrected chi connectivity index (χ4v) is 3.43.